The van der Waals surface area contributed by atoms with Crippen LogP contribution in [0.25, 0.3) is 0 Å². The van der Waals surface area contributed by atoms with E-state index in [-0.39, 0.29) is 16.7 Å². The van der Waals surface area contributed by atoms with Gasteiger partial charge in [-0.15, -0.1) is 0 Å². The molecule has 0 aromatic heterocycles. The van der Waals surface area contributed by atoms with Gasteiger partial charge in [-0.05, 0) is 74.5 Å². The largest absolute Gasteiger partial charge is 0.368 e. The van der Waals surface area contributed by atoms with E-state index in [1.54, 1.807) is 0 Å². The molecule has 1 aliphatic heterocycles. The van der Waals surface area contributed by atoms with Gasteiger partial charge in [0.15, 0.2) is 0 Å². The highest BCUT2D eigenvalue weighted by atomic mass is 16.5. The zero-order chi connectivity index (χ0) is 16.1. The molecule has 2 aliphatic rings. The Morgan fingerprint density at radius 1 is 1.05 bits per heavy atom. The molecule has 2 N–H and O–H groups in total. The average Bonchev–Trinajstić information content (AvgIpc) is 2.47. The Bertz CT molecular complexity index is 387. The van der Waals surface area contributed by atoms with Gasteiger partial charge in [-0.3, -0.25) is 4.90 Å². The van der Waals surface area contributed by atoms with Crippen LogP contribution in [0.2, 0.25) is 0 Å². The molecule has 0 spiro atoms. The normalized spacial score (nSPS) is 33.4. The van der Waals surface area contributed by atoms with Gasteiger partial charge in [0.2, 0.25) is 0 Å². The molecule has 1 saturated heterocycles. The molecule has 1 atom stereocenters. The molecular weight excluding hydrogens is 262 g/mol. The van der Waals surface area contributed by atoms with E-state index in [0.717, 1.165) is 13.0 Å². The molecule has 0 radical (unpaired) electrons. The highest BCUT2D eigenvalue weighted by molar-refractivity contribution is 5.14. The molecule has 124 valence electrons. The van der Waals surface area contributed by atoms with Crippen LogP contribution in [0.15, 0.2) is 0 Å². The molecule has 4 heteroatoms. The third kappa shape index (κ3) is 2.65. The summed E-state index contributed by atoms with van der Waals surface area (Å²) in [7, 11) is 6.66. The molecule has 0 bridgehead atoms. The Hall–Kier alpha value is -0.160. The molecule has 2 rings (SSSR count). The second kappa shape index (κ2) is 5.19. The maximum Gasteiger partial charge on any atom is 0.0829 e. The first-order valence-electron chi connectivity index (χ1n) is 8.29. The Morgan fingerprint density at radius 3 is 1.90 bits per heavy atom. The van der Waals surface area contributed by atoms with Gasteiger partial charge in [-0.25, -0.2) is 0 Å². The van der Waals surface area contributed by atoms with Crippen molar-refractivity contribution in [3.63, 3.8) is 0 Å². The molecule has 1 aliphatic carbocycles. The van der Waals surface area contributed by atoms with Crippen molar-refractivity contribution in [3.8, 4) is 0 Å². The average molecular weight is 297 g/mol. The number of hydrogen-bond acceptors (Lipinski definition) is 4. The Balaban J connectivity index is 2.24. The van der Waals surface area contributed by atoms with E-state index >= 15 is 0 Å². The van der Waals surface area contributed by atoms with Crippen LogP contribution in [0.3, 0.4) is 0 Å². The molecule has 4 nitrogen and oxygen atoms in total. The number of rotatable bonds is 5. The van der Waals surface area contributed by atoms with E-state index in [2.05, 4.69) is 58.6 Å². The summed E-state index contributed by atoms with van der Waals surface area (Å²) in [6, 6.07) is 0. The van der Waals surface area contributed by atoms with Crippen LogP contribution in [-0.4, -0.2) is 66.3 Å². The number of ether oxygens (including phenoxy) is 1. The van der Waals surface area contributed by atoms with Crippen molar-refractivity contribution in [2.75, 3.05) is 34.2 Å². The summed E-state index contributed by atoms with van der Waals surface area (Å²) < 4.78 is 6.36. The van der Waals surface area contributed by atoms with Crippen LogP contribution >= 0.6 is 0 Å². The third-order valence-corrected chi connectivity index (χ3v) is 6.20. The number of hydrogen-bond donors (Lipinski definition) is 1. The molecule has 2 fully saturated rings. The summed E-state index contributed by atoms with van der Waals surface area (Å²) in [4.78, 5) is 4.91. The first kappa shape index (κ1) is 17.2. The molecule has 21 heavy (non-hydrogen) atoms. The molecule has 0 aromatic carbocycles. The van der Waals surface area contributed by atoms with Crippen molar-refractivity contribution in [3.05, 3.63) is 0 Å². The highest BCUT2D eigenvalue weighted by Crippen LogP contribution is 2.49. The van der Waals surface area contributed by atoms with E-state index in [4.69, 9.17) is 10.5 Å². The Labute approximate surface area is 131 Å². The predicted molar refractivity (Wildman–Crippen MR) is 88.5 cm³/mol. The van der Waals surface area contributed by atoms with Crippen molar-refractivity contribution in [2.45, 2.75) is 75.7 Å². The minimum atomic E-state index is -0.225. The van der Waals surface area contributed by atoms with Crippen LogP contribution in [0.4, 0.5) is 0 Å². The molecule has 0 aromatic rings. The van der Waals surface area contributed by atoms with Crippen molar-refractivity contribution in [1.29, 1.82) is 0 Å². The first-order valence-corrected chi connectivity index (χ1v) is 8.29. The minimum absolute atomic E-state index is 0.0882. The maximum atomic E-state index is 6.36. The van der Waals surface area contributed by atoms with Crippen LogP contribution in [-0.2, 0) is 4.74 Å². The van der Waals surface area contributed by atoms with Crippen LogP contribution in [0, 0.1) is 0 Å². The van der Waals surface area contributed by atoms with Crippen LogP contribution in [0.5, 0.6) is 0 Å². The summed E-state index contributed by atoms with van der Waals surface area (Å²) in [5.74, 6) is 0. The first-order chi connectivity index (χ1) is 9.50. The lowest BCUT2D eigenvalue weighted by molar-refractivity contribution is -0.109. The van der Waals surface area contributed by atoms with Crippen LogP contribution in [0.1, 0.15) is 53.4 Å². The fourth-order valence-electron chi connectivity index (χ4n) is 4.73. The highest BCUT2D eigenvalue weighted by Gasteiger charge is 2.59. The maximum absolute atomic E-state index is 6.36. The second-order valence-corrected chi connectivity index (χ2v) is 8.61. The number of likely N-dealkylation sites (N-methyl/N-ethyl adjacent to an activating group) is 2. The van der Waals surface area contributed by atoms with Crippen molar-refractivity contribution >= 4 is 0 Å². The minimum Gasteiger partial charge on any atom is -0.368 e. The molecular formula is C17H35N3O. The van der Waals surface area contributed by atoms with E-state index in [1.165, 1.54) is 19.3 Å². The van der Waals surface area contributed by atoms with E-state index in [9.17, 15) is 0 Å². The van der Waals surface area contributed by atoms with Gasteiger partial charge in [-0.1, -0.05) is 0 Å². The van der Waals surface area contributed by atoms with E-state index < -0.39 is 0 Å². The smallest absolute Gasteiger partial charge is 0.0829 e. The molecule has 1 saturated carbocycles. The van der Waals surface area contributed by atoms with Crippen molar-refractivity contribution in [1.82, 2.24) is 9.80 Å². The van der Waals surface area contributed by atoms with Crippen molar-refractivity contribution in [2.24, 2.45) is 5.73 Å². The number of nitrogens with zero attached hydrogens (tertiary/aromatic N) is 2. The summed E-state index contributed by atoms with van der Waals surface area (Å²) >= 11 is 0. The Kier molecular flexibility index (Phi) is 4.25. The van der Waals surface area contributed by atoms with E-state index in [0.29, 0.717) is 12.1 Å². The monoisotopic (exact) mass is 297 g/mol. The van der Waals surface area contributed by atoms with Crippen LogP contribution < -0.4 is 5.73 Å². The lowest BCUT2D eigenvalue weighted by Gasteiger charge is -2.54. The third-order valence-electron chi connectivity index (χ3n) is 6.20. The summed E-state index contributed by atoms with van der Waals surface area (Å²) in [5, 5.41) is 0. The van der Waals surface area contributed by atoms with Gasteiger partial charge in [-0.2, -0.15) is 0 Å². The quantitative estimate of drug-likeness (QED) is 0.843. The van der Waals surface area contributed by atoms with Gasteiger partial charge in [0.05, 0.1) is 16.7 Å². The van der Waals surface area contributed by atoms with Crippen molar-refractivity contribution < 1.29 is 4.74 Å². The summed E-state index contributed by atoms with van der Waals surface area (Å²) in [5.41, 5.74) is 6.18. The zero-order valence-electron chi connectivity index (χ0n) is 15.1. The van der Waals surface area contributed by atoms with Gasteiger partial charge in [0, 0.05) is 18.6 Å². The number of nitrogens with two attached hydrogens (primary N) is 1. The molecule has 1 unspecified atom stereocenters. The zero-order valence-corrected chi connectivity index (χ0v) is 15.1. The standard InChI is InChI=1S/C17H35N3O/c1-14(2)11-17(12-18,15(3,4)21-14)20(7)13-16(19(5)6)9-8-10-16/h8-13,18H2,1-7H3. The lowest BCUT2D eigenvalue weighted by Crippen LogP contribution is -2.67. The van der Waals surface area contributed by atoms with Gasteiger partial charge in [0.1, 0.15) is 0 Å². The van der Waals surface area contributed by atoms with E-state index in [1.807, 2.05) is 0 Å². The van der Waals surface area contributed by atoms with Gasteiger partial charge in [0.25, 0.3) is 0 Å². The molecule has 0 amide bonds. The van der Waals surface area contributed by atoms with Gasteiger partial charge >= 0.3 is 0 Å². The fourth-order valence-corrected chi connectivity index (χ4v) is 4.73. The second-order valence-electron chi connectivity index (χ2n) is 8.61. The predicted octanol–water partition coefficient (Wildman–Crippen LogP) is 2.08. The lowest BCUT2D eigenvalue weighted by atomic mass is 9.72. The topological polar surface area (TPSA) is 41.7 Å². The summed E-state index contributed by atoms with van der Waals surface area (Å²) in [6.07, 6.45) is 4.90. The summed E-state index contributed by atoms with van der Waals surface area (Å²) in [6.45, 7) is 10.5. The molecule has 1 heterocycles. The fraction of sp³-hybridized carbons (Fsp3) is 1.00. The van der Waals surface area contributed by atoms with Gasteiger partial charge < -0.3 is 15.4 Å². The SMILES string of the molecule is CN(C)C1(CN(C)C2(CN)CC(C)(C)OC2(C)C)CCC1. The Morgan fingerprint density at radius 2 is 1.62 bits per heavy atom.